The van der Waals surface area contributed by atoms with Crippen LogP contribution in [0.3, 0.4) is 0 Å². The van der Waals surface area contributed by atoms with Crippen LogP contribution in [0.1, 0.15) is 26.4 Å². The average Bonchev–Trinajstić information content (AvgIpc) is 2.92. The maximum Gasteiger partial charge on any atom is 0.286 e. The molecule has 0 radical (unpaired) electrons. The monoisotopic (exact) mass is 351 g/mol. The third-order valence-corrected chi connectivity index (χ3v) is 3.17. The zero-order chi connectivity index (χ0) is 15.2. The highest BCUT2D eigenvalue weighted by Crippen LogP contribution is 2.10. The molecule has 1 aromatic heterocycles. The van der Waals surface area contributed by atoms with Crippen molar-refractivity contribution in [3.05, 3.63) is 57.8 Å². The molecule has 0 fully saturated rings. The van der Waals surface area contributed by atoms with Gasteiger partial charge in [0.15, 0.2) is 0 Å². The van der Waals surface area contributed by atoms with Crippen molar-refractivity contribution in [3.8, 4) is 0 Å². The first kappa shape index (κ1) is 15.3. The van der Waals surface area contributed by atoms with Gasteiger partial charge in [0, 0.05) is 23.3 Å². The minimum absolute atomic E-state index is 0.345. The van der Waals surface area contributed by atoms with Crippen LogP contribution in [0.15, 0.2) is 41.0 Å². The Labute approximate surface area is 130 Å². The van der Waals surface area contributed by atoms with Crippen LogP contribution in [0.25, 0.3) is 0 Å². The number of carbonyl (C=O) groups is 2. The summed E-state index contributed by atoms with van der Waals surface area (Å²) < 4.78 is 5.75. The van der Waals surface area contributed by atoms with E-state index in [1.54, 1.807) is 43.6 Å². The lowest BCUT2D eigenvalue weighted by molar-refractivity contribution is 0.0844. The van der Waals surface area contributed by atoms with E-state index in [1.165, 1.54) is 0 Å². The van der Waals surface area contributed by atoms with Crippen LogP contribution < -0.4 is 10.9 Å². The Morgan fingerprint density at radius 1 is 1.19 bits per heavy atom. The van der Waals surface area contributed by atoms with Crippen molar-refractivity contribution in [2.24, 2.45) is 0 Å². The first-order valence-corrected chi connectivity index (χ1v) is 6.92. The fourth-order valence-corrected chi connectivity index (χ4v) is 2.01. The number of hydrazine groups is 1. The van der Waals surface area contributed by atoms with Gasteiger partial charge in [-0.05, 0) is 39.7 Å². The highest BCUT2D eigenvalue weighted by molar-refractivity contribution is 9.10. The van der Waals surface area contributed by atoms with E-state index in [1.807, 2.05) is 0 Å². The highest BCUT2D eigenvalue weighted by atomic mass is 79.9. The number of nitrogens with one attached hydrogen (secondary N) is 3. The molecule has 21 heavy (non-hydrogen) atoms. The number of benzene rings is 1. The lowest BCUT2D eigenvalue weighted by Gasteiger charge is -2.07. The van der Waals surface area contributed by atoms with E-state index in [9.17, 15) is 9.59 Å². The number of H-pyrrole nitrogens is 1. The van der Waals surface area contributed by atoms with Gasteiger partial charge in [0.05, 0.1) is 6.61 Å². The molecular formula is C14H14BrN3O3. The second-order valence-electron chi connectivity index (χ2n) is 4.27. The summed E-state index contributed by atoms with van der Waals surface area (Å²) in [5.74, 6) is -0.817. The van der Waals surface area contributed by atoms with Gasteiger partial charge in [-0.2, -0.15) is 0 Å². The van der Waals surface area contributed by atoms with E-state index in [0.717, 1.165) is 10.0 Å². The zero-order valence-electron chi connectivity index (χ0n) is 11.3. The molecular weight excluding hydrogens is 338 g/mol. The maximum absolute atomic E-state index is 11.9. The van der Waals surface area contributed by atoms with Crippen molar-refractivity contribution in [1.29, 1.82) is 0 Å². The topological polar surface area (TPSA) is 83.2 Å². The molecule has 0 aliphatic carbocycles. The predicted octanol–water partition coefficient (Wildman–Crippen LogP) is 2.00. The van der Waals surface area contributed by atoms with E-state index in [4.69, 9.17) is 4.74 Å². The number of amides is 2. The van der Waals surface area contributed by atoms with Gasteiger partial charge in [-0.1, -0.05) is 12.1 Å². The van der Waals surface area contributed by atoms with Gasteiger partial charge in [0.1, 0.15) is 5.69 Å². The summed E-state index contributed by atoms with van der Waals surface area (Å²) in [7, 11) is 1.61. The van der Waals surface area contributed by atoms with Gasteiger partial charge in [0.25, 0.3) is 11.8 Å². The number of ether oxygens (including phenoxy) is 1. The molecule has 0 spiro atoms. The smallest absolute Gasteiger partial charge is 0.286 e. The molecule has 0 aliphatic rings. The molecule has 2 rings (SSSR count). The molecule has 3 N–H and O–H groups in total. The molecule has 110 valence electrons. The summed E-state index contributed by atoms with van der Waals surface area (Å²) in [6.45, 7) is 0.486. The molecule has 2 aromatic rings. The number of carbonyl (C=O) groups excluding carboxylic acids is 2. The Morgan fingerprint density at radius 2 is 1.86 bits per heavy atom. The number of hydrogen-bond donors (Lipinski definition) is 3. The van der Waals surface area contributed by atoms with Crippen LogP contribution in [-0.4, -0.2) is 23.9 Å². The fourth-order valence-electron chi connectivity index (χ4n) is 1.67. The lowest BCUT2D eigenvalue weighted by atomic mass is 10.1. The van der Waals surface area contributed by atoms with E-state index in [0.29, 0.717) is 17.9 Å². The molecule has 7 heteroatoms. The molecule has 2 amide bonds. The Hall–Kier alpha value is -2.12. The molecule has 0 unspecified atom stereocenters. The van der Waals surface area contributed by atoms with Gasteiger partial charge in [-0.15, -0.1) is 0 Å². The third-order valence-electron chi connectivity index (χ3n) is 2.71. The van der Waals surface area contributed by atoms with Crippen molar-refractivity contribution in [3.63, 3.8) is 0 Å². The molecule has 0 bridgehead atoms. The predicted molar refractivity (Wildman–Crippen MR) is 80.6 cm³/mol. The minimum atomic E-state index is -0.426. The Morgan fingerprint density at radius 3 is 2.43 bits per heavy atom. The molecule has 1 aromatic carbocycles. The molecule has 0 saturated carbocycles. The molecule has 1 heterocycles. The molecule has 0 atom stereocenters. The van der Waals surface area contributed by atoms with E-state index >= 15 is 0 Å². The van der Waals surface area contributed by atoms with Crippen LogP contribution in [0.4, 0.5) is 0 Å². The van der Waals surface area contributed by atoms with Crippen molar-refractivity contribution in [2.45, 2.75) is 6.61 Å². The second kappa shape index (κ2) is 7.05. The van der Waals surface area contributed by atoms with Crippen molar-refractivity contribution < 1.29 is 14.3 Å². The summed E-state index contributed by atoms with van der Waals surface area (Å²) in [4.78, 5) is 26.4. The SMILES string of the molecule is COCc1ccc(C(=O)NNC(=O)c2cc(Br)c[nH]2)cc1. The summed E-state index contributed by atoms with van der Waals surface area (Å²) >= 11 is 3.23. The quantitative estimate of drug-likeness (QED) is 0.736. The van der Waals surface area contributed by atoms with Crippen molar-refractivity contribution >= 4 is 27.7 Å². The first-order chi connectivity index (χ1) is 10.1. The number of aromatic amines is 1. The number of rotatable bonds is 4. The largest absolute Gasteiger partial charge is 0.380 e. The Balaban J connectivity index is 1.90. The normalized spacial score (nSPS) is 10.2. The van der Waals surface area contributed by atoms with Gasteiger partial charge >= 0.3 is 0 Å². The summed E-state index contributed by atoms with van der Waals surface area (Å²) in [6, 6.07) is 8.54. The molecule has 6 nitrogen and oxygen atoms in total. The number of aromatic nitrogens is 1. The van der Waals surface area contributed by atoms with Crippen LogP contribution in [0.5, 0.6) is 0 Å². The zero-order valence-corrected chi connectivity index (χ0v) is 12.9. The van der Waals surface area contributed by atoms with Crippen LogP contribution >= 0.6 is 15.9 Å². The molecule has 0 saturated heterocycles. The fraction of sp³-hybridized carbons (Fsp3) is 0.143. The molecule has 0 aliphatic heterocycles. The number of methoxy groups -OCH3 is 1. The average molecular weight is 352 g/mol. The van der Waals surface area contributed by atoms with E-state index in [2.05, 4.69) is 31.8 Å². The number of hydrogen-bond acceptors (Lipinski definition) is 3. The van der Waals surface area contributed by atoms with E-state index < -0.39 is 11.8 Å². The van der Waals surface area contributed by atoms with Crippen LogP contribution in [0.2, 0.25) is 0 Å². The van der Waals surface area contributed by atoms with Gasteiger partial charge in [-0.25, -0.2) is 0 Å². The number of halogens is 1. The standard InChI is InChI=1S/C14H14BrN3O3/c1-21-8-9-2-4-10(5-3-9)13(19)17-18-14(20)12-6-11(15)7-16-12/h2-7,16H,8H2,1H3,(H,17,19)(H,18,20). The lowest BCUT2D eigenvalue weighted by Crippen LogP contribution is -2.41. The Kier molecular flexibility index (Phi) is 5.13. The van der Waals surface area contributed by atoms with Gasteiger partial charge in [-0.3, -0.25) is 20.4 Å². The van der Waals surface area contributed by atoms with Gasteiger partial charge < -0.3 is 9.72 Å². The van der Waals surface area contributed by atoms with Crippen molar-refractivity contribution in [2.75, 3.05) is 7.11 Å². The highest BCUT2D eigenvalue weighted by Gasteiger charge is 2.10. The van der Waals surface area contributed by atoms with Crippen LogP contribution in [0, 0.1) is 0 Å². The van der Waals surface area contributed by atoms with Gasteiger partial charge in [0.2, 0.25) is 0 Å². The Bertz CT molecular complexity index is 637. The van der Waals surface area contributed by atoms with Crippen molar-refractivity contribution in [1.82, 2.24) is 15.8 Å². The minimum Gasteiger partial charge on any atom is -0.380 e. The first-order valence-electron chi connectivity index (χ1n) is 6.12. The second-order valence-corrected chi connectivity index (χ2v) is 5.19. The van der Waals surface area contributed by atoms with Crippen LogP contribution in [-0.2, 0) is 11.3 Å². The van der Waals surface area contributed by atoms with E-state index in [-0.39, 0.29) is 0 Å². The summed E-state index contributed by atoms with van der Waals surface area (Å²) in [5, 5.41) is 0. The maximum atomic E-state index is 11.9. The summed E-state index contributed by atoms with van der Waals surface area (Å²) in [5.41, 5.74) is 6.45. The summed E-state index contributed by atoms with van der Waals surface area (Å²) in [6.07, 6.45) is 1.63. The third kappa shape index (κ3) is 4.17.